The fourth-order valence-electron chi connectivity index (χ4n) is 8.98. The molecule has 0 aliphatic heterocycles. The highest BCUT2D eigenvalue weighted by Crippen LogP contribution is 2.40. The molecule has 0 saturated carbocycles. The Bertz CT molecular complexity index is 3860. The molecule has 0 bridgehead atoms. The smallest absolute Gasteiger partial charge is 0.248 e. The molecule has 0 saturated heterocycles. The summed E-state index contributed by atoms with van der Waals surface area (Å²) in [6.07, 6.45) is 0. The normalized spacial score (nSPS) is 11.6. The van der Waals surface area contributed by atoms with Gasteiger partial charge in [0.05, 0.1) is 22.1 Å². The van der Waals surface area contributed by atoms with Crippen molar-refractivity contribution in [3.05, 3.63) is 206 Å². The van der Waals surface area contributed by atoms with E-state index in [1.165, 1.54) is 0 Å². The van der Waals surface area contributed by atoms with Gasteiger partial charge in [-0.05, 0) is 42.5 Å². The quantitative estimate of drug-likeness (QED) is 0.147. The molecule has 13 aromatic rings. The lowest BCUT2D eigenvalue weighted by atomic mass is 10.1. The molecule has 0 spiro atoms. The van der Waals surface area contributed by atoms with Crippen LogP contribution in [0.4, 0.5) is 0 Å². The van der Waals surface area contributed by atoms with Crippen molar-refractivity contribution >= 4 is 43.6 Å². The van der Waals surface area contributed by atoms with Crippen LogP contribution in [0.15, 0.2) is 211 Å². The molecule has 67 heavy (non-hydrogen) atoms. The van der Waals surface area contributed by atoms with E-state index in [-0.39, 0.29) is 0 Å². The first-order valence-corrected chi connectivity index (χ1v) is 21.9. The minimum Gasteiger partial charge on any atom is -0.416 e. The standard InChI is InChI=1S/C56H34N10O/c1-5-18-35(19-6-1)49-57-50(36-20-7-2-8-21-36)60-55(59-49)65-44-29-15-13-26-40(44)43-34-39(32-33-46(43)65)53-63-64-54(67-53)42-28-17-31-47-48(42)41-27-14-16-30-45(41)66(47)56-61-51(37-22-9-3-10-23-37)58-52(62-56)38-24-11-4-12-25-38/h1-34H. The molecule has 0 aliphatic carbocycles. The molecule has 13 rings (SSSR count). The minimum atomic E-state index is 0.392. The third kappa shape index (κ3) is 6.52. The largest absolute Gasteiger partial charge is 0.416 e. The zero-order valence-electron chi connectivity index (χ0n) is 35.5. The lowest BCUT2D eigenvalue weighted by Gasteiger charge is -2.11. The van der Waals surface area contributed by atoms with Gasteiger partial charge in [-0.15, -0.1) is 10.2 Å². The first-order chi connectivity index (χ1) is 33.2. The van der Waals surface area contributed by atoms with Crippen molar-refractivity contribution in [3.8, 4) is 80.4 Å². The van der Waals surface area contributed by atoms with E-state index in [4.69, 9.17) is 34.3 Å². The Morgan fingerprint density at radius 3 is 1.25 bits per heavy atom. The zero-order valence-corrected chi connectivity index (χ0v) is 35.5. The number of para-hydroxylation sites is 2. The average molecular weight is 863 g/mol. The Morgan fingerprint density at radius 1 is 0.299 bits per heavy atom. The van der Waals surface area contributed by atoms with Crippen molar-refractivity contribution in [1.29, 1.82) is 0 Å². The highest BCUT2D eigenvalue weighted by molar-refractivity contribution is 6.15. The van der Waals surface area contributed by atoms with Gasteiger partial charge in [0, 0.05) is 54.9 Å². The van der Waals surface area contributed by atoms with Crippen LogP contribution in [0.5, 0.6) is 0 Å². The van der Waals surface area contributed by atoms with Crippen LogP contribution < -0.4 is 0 Å². The zero-order chi connectivity index (χ0) is 44.3. The van der Waals surface area contributed by atoms with Crippen molar-refractivity contribution in [3.63, 3.8) is 0 Å². The van der Waals surface area contributed by atoms with E-state index >= 15 is 0 Å². The Hall–Kier alpha value is -9.48. The van der Waals surface area contributed by atoms with Gasteiger partial charge in [-0.1, -0.05) is 164 Å². The predicted molar refractivity (Wildman–Crippen MR) is 262 cm³/mol. The van der Waals surface area contributed by atoms with Crippen LogP contribution in [-0.4, -0.2) is 49.2 Å². The van der Waals surface area contributed by atoms with E-state index in [2.05, 4.69) is 61.8 Å². The van der Waals surface area contributed by atoms with Gasteiger partial charge in [-0.2, -0.15) is 19.9 Å². The maximum atomic E-state index is 6.65. The number of aromatic nitrogens is 10. The third-order valence-corrected chi connectivity index (χ3v) is 12.0. The number of rotatable bonds is 8. The van der Waals surface area contributed by atoms with Crippen molar-refractivity contribution < 1.29 is 4.42 Å². The fraction of sp³-hybridized carbons (Fsp3) is 0. The molecule has 5 aromatic heterocycles. The molecule has 0 aliphatic rings. The summed E-state index contributed by atoms with van der Waals surface area (Å²) in [5, 5.41) is 13.3. The van der Waals surface area contributed by atoms with Crippen LogP contribution in [-0.2, 0) is 0 Å². The number of nitrogens with zero attached hydrogens (tertiary/aromatic N) is 10. The van der Waals surface area contributed by atoms with E-state index in [0.717, 1.165) is 77.0 Å². The summed E-state index contributed by atoms with van der Waals surface area (Å²) in [6.45, 7) is 0. The van der Waals surface area contributed by atoms with Crippen molar-refractivity contribution in [2.45, 2.75) is 0 Å². The summed E-state index contributed by atoms with van der Waals surface area (Å²) < 4.78 is 10.8. The molecule has 11 heteroatoms. The Balaban J connectivity index is 0.940. The molecule has 0 N–H and O–H groups in total. The van der Waals surface area contributed by atoms with Gasteiger partial charge in [0.1, 0.15) is 0 Å². The van der Waals surface area contributed by atoms with E-state index in [0.29, 0.717) is 47.0 Å². The monoisotopic (exact) mass is 862 g/mol. The van der Waals surface area contributed by atoms with Crippen molar-refractivity contribution in [2.75, 3.05) is 0 Å². The van der Waals surface area contributed by atoms with Crippen LogP contribution in [0.25, 0.3) is 124 Å². The topological polar surface area (TPSA) is 126 Å². The van der Waals surface area contributed by atoms with Crippen LogP contribution >= 0.6 is 0 Å². The lowest BCUT2D eigenvalue weighted by molar-refractivity contribution is 0.585. The molecule has 5 heterocycles. The van der Waals surface area contributed by atoms with E-state index in [1.54, 1.807) is 0 Å². The summed E-state index contributed by atoms with van der Waals surface area (Å²) in [6, 6.07) is 68.8. The Labute approximate surface area is 382 Å². The average Bonchev–Trinajstić information content (AvgIpc) is 4.13. The summed E-state index contributed by atoms with van der Waals surface area (Å²) >= 11 is 0. The summed E-state index contributed by atoms with van der Waals surface area (Å²) in [7, 11) is 0. The molecular weight excluding hydrogens is 829 g/mol. The molecule has 314 valence electrons. The number of hydrogen-bond acceptors (Lipinski definition) is 9. The second-order valence-corrected chi connectivity index (χ2v) is 16.1. The molecule has 8 aromatic carbocycles. The lowest BCUT2D eigenvalue weighted by Crippen LogP contribution is -2.06. The second-order valence-electron chi connectivity index (χ2n) is 16.1. The van der Waals surface area contributed by atoms with Gasteiger partial charge in [-0.3, -0.25) is 9.13 Å². The van der Waals surface area contributed by atoms with Gasteiger partial charge >= 0.3 is 0 Å². The van der Waals surface area contributed by atoms with Crippen LogP contribution in [0.2, 0.25) is 0 Å². The fourth-order valence-corrected chi connectivity index (χ4v) is 8.98. The molecule has 0 radical (unpaired) electrons. The highest BCUT2D eigenvalue weighted by Gasteiger charge is 2.23. The molecule has 0 unspecified atom stereocenters. The maximum absolute atomic E-state index is 6.65. The van der Waals surface area contributed by atoms with Crippen molar-refractivity contribution in [1.82, 2.24) is 49.2 Å². The Morgan fingerprint density at radius 2 is 0.716 bits per heavy atom. The van der Waals surface area contributed by atoms with Gasteiger partial charge in [-0.25, -0.2) is 9.97 Å². The first-order valence-electron chi connectivity index (χ1n) is 21.9. The summed E-state index contributed by atoms with van der Waals surface area (Å²) in [4.78, 5) is 30.2. The molecule has 0 atom stereocenters. The summed E-state index contributed by atoms with van der Waals surface area (Å²) in [5.74, 6) is 4.14. The number of benzene rings is 8. The molecule has 11 nitrogen and oxygen atoms in total. The van der Waals surface area contributed by atoms with Gasteiger partial charge in [0.25, 0.3) is 0 Å². The highest BCUT2D eigenvalue weighted by atomic mass is 16.4. The number of fused-ring (bicyclic) bond motifs is 6. The summed E-state index contributed by atoms with van der Waals surface area (Å²) in [5.41, 5.74) is 8.87. The van der Waals surface area contributed by atoms with Crippen LogP contribution in [0.1, 0.15) is 0 Å². The van der Waals surface area contributed by atoms with Crippen molar-refractivity contribution in [2.24, 2.45) is 0 Å². The molecular formula is C56H34N10O. The van der Waals surface area contributed by atoms with E-state index < -0.39 is 0 Å². The maximum Gasteiger partial charge on any atom is 0.248 e. The predicted octanol–water partition coefficient (Wildman–Crippen LogP) is 12.6. The molecule has 0 fully saturated rings. The minimum absolute atomic E-state index is 0.392. The van der Waals surface area contributed by atoms with Gasteiger partial charge in [0.15, 0.2) is 23.3 Å². The van der Waals surface area contributed by atoms with Crippen LogP contribution in [0.3, 0.4) is 0 Å². The van der Waals surface area contributed by atoms with Crippen LogP contribution in [0, 0.1) is 0 Å². The van der Waals surface area contributed by atoms with E-state index in [1.807, 2.05) is 164 Å². The Kier molecular flexibility index (Phi) is 8.88. The second kappa shape index (κ2) is 15.6. The van der Waals surface area contributed by atoms with E-state index in [9.17, 15) is 0 Å². The van der Waals surface area contributed by atoms with Gasteiger partial charge in [0.2, 0.25) is 23.7 Å². The third-order valence-electron chi connectivity index (χ3n) is 12.0. The first kappa shape index (κ1) is 38.0. The SMILES string of the molecule is c1ccc(-c2nc(-c3ccccc3)nc(-n3c4ccccc4c4cc(-c5nnc(-c6cccc7c6c6ccccc6n7-c6nc(-c7ccccc7)nc(-c7ccccc7)n6)o5)ccc43)n2)cc1. The molecule has 0 amide bonds. The van der Waals surface area contributed by atoms with Gasteiger partial charge < -0.3 is 4.42 Å². The number of hydrogen-bond donors (Lipinski definition) is 0.